The first kappa shape index (κ1) is 11.9. The summed E-state index contributed by atoms with van der Waals surface area (Å²) >= 11 is 1.52. The highest BCUT2D eigenvalue weighted by Gasteiger charge is 2.06. The monoisotopic (exact) mass is 247 g/mol. The van der Waals surface area contributed by atoms with E-state index in [0.717, 1.165) is 23.1 Å². The number of anilines is 2. The van der Waals surface area contributed by atoms with Crippen molar-refractivity contribution in [2.45, 2.75) is 19.9 Å². The number of nitrogen functional groups attached to an aromatic ring is 1. The van der Waals surface area contributed by atoms with Crippen LogP contribution in [-0.4, -0.2) is 12.0 Å². The van der Waals surface area contributed by atoms with Crippen LogP contribution in [0.2, 0.25) is 0 Å². The SMILES string of the molecule is CCc1ccc(CN(C)c2ncc(N)s2)cc1. The molecule has 0 unspecified atom stereocenters. The second-order valence-corrected chi connectivity index (χ2v) is 5.11. The van der Waals surface area contributed by atoms with Crippen LogP contribution in [0.3, 0.4) is 0 Å². The number of hydrogen-bond acceptors (Lipinski definition) is 4. The van der Waals surface area contributed by atoms with Crippen LogP contribution in [0.5, 0.6) is 0 Å². The topological polar surface area (TPSA) is 42.2 Å². The molecule has 2 aromatic rings. The molecule has 90 valence electrons. The van der Waals surface area contributed by atoms with Gasteiger partial charge in [-0.15, -0.1) is 0 Å². The minimum absolute atomic E-state index is 0.758. The summed E-state index contributed by atoms with van der Waals surface area (Å²) in [4.78, 5) is 6.38. The Morgan fingerprint density at radius 2 is 1.88 bits per heavy atom. The third-order valence-electron chi connectivity index (χ3n) is 2.69. The van der Waals surface area contributed by atoms with Crippen LogP contribution in [0, 0.1) is 0 Å². The first-order valence-electron chi connectivity index (χ1n) is 5.69. The maximum Gasteiger partial charge on any atom is 0.187 e. The zero-order valence-corrected chi connectivity index (χ0v) is 11.0. The van der Waals surface area contributed by atoms with E-state index in [0.29, 0.717) is 0 Å². The fraction of sp³-hybridized carbons (Fsp3) is 0.308. The molecule has 17 heavy (non-hydrogen) atoms. The summed E-state index contributed by atoms with van der Waals surface area (Å²) in [6.45, 7) is 3.02. The van der Waals surface area contributed by atoms with Crippen LogP contribution in [-0.2, 0) is 13.0 Å². The minimum Gasteiger partial charge on any atom is -0.389 e. The van der Waals surface area contributed by atoms with Crippen molar-refractivity contribution >= 4 is 21.5 Å². The molecule has 0 radical (unpaired) electrons. The second kappa shape index (κ2) is 5.19. The highest BCUT2D eigenvalue weighted by atomic mass is 32.1. The molecule has 2 N–H and O–H groups in total. The van der Waals surface area contributed by atoms with Gasteiger partial charge in [-0.1, -0.05) is 42.5 Å². The van der Waals surface area contributed by atoms with E-state index in [2.05, 4.69) is 41.1 Å². The van der Waals surface area contributed by atoms with Gasteiger partial charge in [0, 0.05) is 13.6 Å². The molecule has 1 aromatic heterocycles. The van der Waals surface area contributed by atoms with Gasteiger partial charge in [0.1, 0.15) is 5.00 Å². The van der Waals surface area contributed by atoms with Crippen molar-refractivity contribution in [1.82, 2.24) is 4.98 Å². The quantitative estimate of drug-likeness (QED) is 0.903. The predicted molar refractivity (Wildman–Crippen MR) is 74.5 cm³/mol. The van der Waals surface area contributed by atoms with Crippen molar-refractivity contribution in [3.05, 3.63) is 41.6 Å². The molecular formula is C13H17N3S. The van der Waals surface area contributed by atoms with Gasteiger partial charge >= 0.3 is 0 Å². The smallest absolute Gasteiger partial charge is 0.187 e. The molecule has 0 saturated heterocycles. The van der Waals surface area contributed by atoms with Crippen molar-refractivity contribution in [3.63, 3.8) is 0 Å². The fourth-order valence-electron chi connectivity index (χ4n) is 1.68. The van der Waals surface area contributed by atoms with Crippen LogP contribution >= 0.6 is 11.3 Å². The van der Waals surface area contributed by atoms with E-state index in [4.69, 9.17) is 5.73 Å². The van der Waals surface area contributed by atoms with E-state index >= 15 is 0 Å². The van der Waals surface area contributed by atoms with Crippen LogP contribution in [0.1, 0.15) is 18.1 Å². The van der Waals surface area contributed by atoms with Crippen molar-refractivity contribution in [3.8, 4) is 0 Å². The Labute approximate surface area is 106 Å². The van der Waals surface area contributed by atoms with Gasteiger partial charge in [-0.05, 0) is 17.5 Å². The van der Waals surface area contributed by atoms with Crippen molar-refractivity contribution < 1.29 is 0 Å². The molecule has 0 aliphatic heterocycles. The lowest BCUT2D eigenvalue weighted by Crippen LogP contribution is -2.15. The van der Waals surface area contributed by atoms with Gasteiger partial charge in [-0.3, -0.25) is 0 Å². The van der Waals surface area contributed by atoms with E-state index < -0.39 is 0 Å². The number of aromatic nitrogens is 1. The number of rotatable bonds is 4. The summed E-state index contributed by atoms with van der Waals surface area (Å²) in [6.07, 6.45) is 2.79. The number of benzene rings is 1. The molecule has 1 heterocycles. The molecule has 0 amide bonds. The van der Waals surface area contributed by atoms with Crippen LogP contribution in [0.15, 0.2) is 30.5 Å². The normalized spacial score (nSPS) is 10.5. The second-order valence-electron chi connectivity index (χ2n) is 4.07. The molecule has 3 nitrogen and oxygen atoms in total. The van der Waals surface area contributed by atoms with Gasteiger partial charge in [0.15, 0.2) is 5.13 Å². The molecule has 0 bridgehead atoms. The highest BCUT2D eigenvalue weighted by molar-refractivity contribution is 7.19. The molecule has 2 rings (SSSR count). The van der Waals surface area contributed by atoms with E-state index in [-0.39, 0.29) is 0 Å². The Bertz CT molecular complexity index is 476. The number of nitrogens with two attached hydrogens (primary N) is 1. The van der Waals surface area contributed by atoms with Gasteiger partial charge in [0.2, 0.25) is 0 Å². The molecule has 0 aliphatic carbocycles. The van der Waals surface area contributed by atoms with Crippen LogP contribution in [0.25, 0.3) is 0 Å². The molecule has 1 aromatic carbocycles. The van der Waals surface area contributed by atoms with Gasteiger partial charge in [0.05, 0.1) is 6.20 Å². The molecule has 0 atom stereocenters. The van der Waals surface area contributed by atoms with E-state index in [1.54, 1.807) is 6.20 Å². The van der Waals surface area contributed by atoms with Crippen molar-refractivity contribution in [2.24, 2.45) is 0 Å². The maximum atomic E-state index is 5.68. The van der Waals surface area contributed by atoms with E-state index in [9.17, 15) is 0 Å². The minimum atomic E-state index is 0.758. The lowest BCUT2D eigenvalue weighted by atomic mass is 10.1. The molecule has 0 aliphatic rings. The van der Waals surface area contributed by atoms with Gasteiger partial charge in [-0.2, -0.15) is 0 Å². The van der Waals surface area contributed by atoms with E-state index in [1.807, 2.05) is 7.05 Å². The Morgan fingerprint density at radius 1 is 1.24 bits per heavy atom. The number of hydrogen-bond donors (Lipinski definition) is 1. The summed E-state index contributed by atoms with van der Waals surface area (Å²) in [5, 5.41) is 1.72. The van der Waals surface area contributed by atoms with Crippen LogP contribution < -0.4 is 10.6 Å². The zero-order valence-electron chi connectivity index (χ0n) is 10.2. The molecule has 4 heteroatoms. The average molecular weight is 247 g/mol. The Morgan fingerprint density at radius 3 is 2.41 bits per heavy atom. The standard InChI is InChI=1S/C13H17N3S/c1-3-10-4-6-11(7-5-10)9-16(2)13-15-8-12(14)17-13/h4-8H,3,9,14H2,1-2H3. The lowest BCUT2D eigenvalue weighted by Gasteiger charge is -2.15. The number of thiazole rings is 1. The zero-order chi connectivity index (χ0) is 12.3. The lowest BCUT2D eigenvalue weighted by molar-refractivity contribution is 0.913. The molecule has 0 spiro atoms. The summed E-state index contributed by atoms with van der Waals surface area (Å²) in [6, 6.07) is 8.71. The van der Waals surface area contributed by atoms with Gasteiger partial charge < -0.3 is 10.6 Å². The first-order valence-corrected chi connectivity index (χ1v) is 6.51. The van der Waals surface area contributed by atoms with Crippen LogP contribution in [0.4, 0.5) is 10.1 Å². The summed E-state index contributed by atoms with van der Waals surface area (Å²) in [5.41, 5.74) is 8.34. The summed E-state index contributed by atoms with van der Waals surface area (Å²) < 4.78 is 0. The third kappa shape index (κ3) is 2.97. The maximum absolute atomic E-state index is 5.68. The first-order chi connectivity index (χ1) is 8.19. The van der Waals surface area contributed by atoms with E-state index in [1.165, 1.54) is 22.5 Å². The highest BCUT2D eigenvalue weighted by Crippen LogP contribution is 2.24. The Balaban J connectivity index is 2.04. The summed E-state index contributed by atoms with van der Waals surface area (Å²) in [7, 11) is 2.03. The molecule has 0 fully saturated rings. The molecular weight excluding hydrogens is 230 g/mol. The Hall–Kier alpha value is -1.55. The largest absolute Gasteiger partial charge is 0.389 e. The third-order valence-corrected chi connectivity index (χ3v) is 3.63. The number of nitrogens with zero attached hydrogens (tertiary/aromatic N) is 2. The Kier molecular flexibility index (Phi) is 3.64. The summed E-state index contributed by atoms with van der Waals surface area (Å²) in [5.74, 6) is 0. The number of aryl methyl sites for hydroxylation is 1. The van der Waals surface area contributed by atoms with Gasteiger partial charge in [-0.25, -0.2) is 4.98 Å². The average Bonchev–Trinajstić information content (AvgIpc) is 2.77. The van der Waals surface area contributed by atoms with Gasteiger partial charge in [0.25, 0.3) is 0 Å². The van der Waals surface area contributed by atoms with Crippen molar-refractivity contribution in [2.75, 3.05) is 17.7 Å². The fourth-order valence-corrected chi connectivity index (χ4v) is 2.32. The predicted octanol–water partition coefficient (Wildman–Crippen LogP) is 2.92. The van der Waals surface area contributed by atoms with Crippen molar-refractivity contribution in [1.29, 1.82) is 0 Å². The molecule has 0 saturated carbocycles.